The lowest BCUT2D eigenvalue weighted by molar-refractivity contribution is 0.343. The van der Waals surface area contributed by atoms with Crippen molar-refractivity contribution in [2.45, 2.75) is 0 Å². The molecule has 0 atom stereocenters. The van der Waals surface area contributed by atoms with Gasteiger partial charge in [0.15, 0.2) is 5.82 Å². The van der Waals surface area contributed by atoms with Crippen LogP contribution in [-0.2, 0) is 7.05 Å². The van der Waals surface area contributed by atoms with Crippen LogP contribution in [0.1, 0.15) is 0 Å². The number of anilines is 1. The smallest absolute Gasteiger partial charge is 0.150 e. The molecule has 13 heavy (non-hydrogen) atoms. The first-order valence-electron chi connectivity index (χ1n) is 4.56. The molecule has 0 radical (unpaired) electrons. The second-order valence-corrected chi connectivity index (χ2v) is 3.45. The van der Waals surface area contributed by atoms with E-state index in [0.29, 0.717) is 0 Å². The number of aryl methyl sites for hydroxylation is 1. The van der Waals surface area contributed by atoms with Gasteiger partial charge in [-0.2, -0.15) is 5.10 Å². The van der Waals surface area contributed by atoms with Crippen molar-refractivity contribution in [1.29, 1.82) is 0 Å². The van der Waals surface area contributed by atoms with Crippen LogP contribution in [0.2, 0.25) is 0 Å². The highest BCUT2D eigenvalue weighted by atomic mass is 15.4. The molecule has 2 rings (SSSR count). The molecule has 4 heteroatoms. The minimum atomic E-state index is 1.02. The fourth-order valence-electron chi connectivity index (χ4n) is 1.55. The van der Waals surface area contributed by atoms with E-state index in [1.54, 1.807) is 0 Å². The standard InChI is InChI=1S/C9H15N4/c1-11-5-7-13(8-6-11)9-3-4-12(2)10-9/h3-4H,1,5-8H2,2H3/q-1. The molecule has 1 aromatic heterocycles. The molecule has 0 unspecified atom stereocenters. The minimum absolute atomic E-state index is 1.02. The number of hydrogen-bond donors (Lipinski definition) is 0. The Bertz CT molecular complexity index is 273. The van der Waals surface area contributed by atoms with Crippen molar-refractivity contribution in [2.24, 2.45) is 7.05 Å². The largest absolute Gasteiger partial charge is 0.456 e. The summed E-state index contributed by atoms with van der Waals surface area (Å²) in [6.07, 6.45) is 1.98. The molecule has 1 aliphatic rings. The Balaban J connectivity index is 2.02. The van der Waals surface area contributed by atoms with Gasteiger partial charge in [-0.1, -0.05) is 0 Å². The zero-order valence-electron chi connectivity index (χ0n) is 7.98. The van der Waals surface area contributed by atoms with Gasteiger partial charge in [0, 0.05) is 32.4 Å². The van der Waals surface area contributed by atoms with Crippen molar-refractivity contribution in [2.75, 3.05) is 31.1 Å². The number of aromatic nitrogens is 2. The van der Waals surface area contributed by atoms with Crippen LogP contribution in [0.15, 0.2) is 12.3 Å². The SMILES string of the molecule is [CH2-]N1CCN(c2ccn(C)n2)CC1. The fraction of sp³-hybridized carbons (Fsp3) is 0.556. The van der Waals surface area contributed by atoms with Crippen molar-refractivity contribution in [3.63, 3.8) is 0 Å². The molecular weight excluding hydrogens is 164 g/mol. The van der Waals surface area contributed by atoms with Crippen LogP contribution in [0.4, 0.5) is 5.82 Å². The second kappa shape index (κ2) is 3.38. The van der Waals surface area contributed by atoms with Gasteiger partial charge in [-0.15, -0.1) is 0 Å². The maximum atomic E-state index is 4.36. The average molecular weight is 179 g/mol. The third kappa shape index (κ3) is 1.83. The molecule has 0 spiro atoms. The zero-order valence-corrected chi connectivity index (χ0v) is 7.98. The third-order valence-electron chi connectivity index (χ3n) is 2.40. The molecule has 0 aliphatic carbocycles. The highest BCUT2D eigenvalue weighted by Gasteiger charge is 2.12. The molecule has 1 saturated heterocycles. The summed E-state index contributed by atoms with van der Waals surface area (Å²) < 4.78 is 1.84. The van der Waals surface area contributed by atoms with Crippen LogP contribution in [0.5, 0.6) is 0 Å². The van der Waals surface area contributed by atoms with Gasteiger partial charge in [-0.25, -0.2) is 0 Å². The van der Waals surface area contributed by atoms with Gasteiger partial charge in [0.2, 0.25) is 0 Å². The Labute approximate surface area is 78.7 Å². The highest BCUT2D eigenvalue weighted by molar-refractivity contribution is 5.37. The van der Waals surface area contributed by atoms with Gasteiger partial charge in [-0.3, -0.25) is 11.7 Å². The number of hydrogen-bond acceptors (Lipinski definition) is 3. The highest BCUT2D eigenvalue weighted by Crippen LogP contribution is 2.12. The van der Waals surface area contributed by atoms with E-state index in [4.69, 9.17) is 0 Å². The maximum Gasteiger partial charge on any atom is 0.150 e. The van der Waals surface area contributed by atoms with Crippen LogP contribution in [0, 0.1) is 7.05 Å². The van der Waals surface area contributed by atoms with E-state index in [0.717, 1.165) is 32.0 Å². The quantitative estimate of drug-likeness (QED) is 0.581. The Morgan fingerprint density at radius 3 is 2.54 bits per heavy atom. The topological polar surface area (TPSA) is 24.3 Å². The van der Waals surface area contributed by atoms with Crippen molar-refractivity contribution < 1.29 is 0 Å². The maximum absolute atomic E-state index is 4.36. The van der Waals surface area contributed by atoms with Crippen LogP contribution >= 0.6 is 0 Å². The summed E-state index contributed by atoms with van der Waals surface area (Å²) in [6, 6.07) is 2.05. The molecule has 72 valence electrons. The van der Waals surface area contributed by atoms with Crippen molar-refractivity contribution in [3.8, 4) is 0 Å². The van der Waals surface area contributed by atoms with E-state index in [-0.39, 0.29) is 0 Å². The lowest BCUT2D eigenvalue weighted by Crippen LogP contribution is -2.43. The number of piperazine rings is 1. The van der Waals surface area contributed by atoms with Crippen LogP contribution in [-0.4, -0.2) is 40.9 Å². The number of nitrogens with zero attached hydrogens (tertiary/aromatic N) is 4. The first-order chi connectivity index (χ1) is 6.25. The Kier molecular flexibility index (Phi) is 2.22. The molecule has 0 amide bonds. The average Bonchev–Trinajstić information content (AvgIpc) is 2.53. The van der Waals surface area contributed by atoms with Gasteiger partial charge in [0.1, 0.15) is 0 Å². The lowest BCUT2D eigenvalue weighted by atomic mass is 10.3. The van der Waals surface area contributed by atoms with Gasteiger partial charge < -0.3 is 9.80 Å². The zero-order chi connectivity index (χ0) is 9.26. The van der Waals surface area contributed by atoms with E-state index >= 15 is 0 Å². The summed E-state index contributed by atoms with van der Waals surface area (Å²) >= 11 is 0. The molecule has 1 aromatic rings. The molecular formula is C9H15N4-. The normalized spacial score (nSPS) is 19.4. The summed E-state index contributed by atoms with van der Waals surface area (Å²) in [5, 5.41) is 4.36. The first-order valence-corrected chi connectivity index (χ1v) is 4.56. The summed E-state index contributed by atoms with van der Waals surface area (Å²) in [7, 11) is 5.86. The first kappa shape index (κ1) is 8.56. The summed E-state index contributed by atoms with van der Waals surface area (Å²) in [5.74, 6) is 1.08. The van der Waals surface area contributed by atoms with E-state index in [2.05, 4.69) is 28.0 Å². The molecule has 0 aromatic carbocycles. The van der Waals surface area contributed by atoms with Crippen molar-refractivity contribution in [3.05, 3.63) is 19.3 Å². The van der Waals surface area contributed by atoms with Gasteiger partial charge in [-0.05, 0) is 13.1 Å². The molecule has 1 aliphatic heterocycles. The van der Waals surface area contributed by atoms with Gasteiger partial charge in [0.05, 0.1) is 0 Å². The van der Waals surface area contributed by atoms with Crippen LogP contribution in [0.25, 0.3) is 0 Å². The second-order valence-electron chi connectivity index (χ2n) is 3.45. The fourth-order valence-corrected chi connectivity index (χ4v) is 1.55. The lowest BCUT2D eigenvalue weighted by Gasteiger charge is -2.37. The molecule has 0 bridgehead atoms. The Morgan fingerprint density at radius 2 is 2.00 bits per heavy atom. The molecule has 1 fully saturated rings. The predicted molar refractivity (Wildman–Crippen MR) is 52.4 cm³/mol. The predicted octanol–water partition coefficient (Wildman–Crippen LogP) is 0.334. The number of rotatable bonds is 1. The van der Waals surface area contributed by atoms with Crippen LogP contribution in [0.3, 0.4) is 0 Å². The summed E-state index contributed by atoms with van der Waals surface area (Å²) in [4.78, 5) is 4.39. The minimum Gasteiger partial charge on any atom is -0.456 e. The van der Waals surface area contributed by atoms with E-state index < -0.39 is 0 Å². The van der Waals surface area contributed by atoms with E-state index in [9.17, 15) is 0 Å². The van der Waals surface area contributed by atoms with E-state index in [1.165, 1.54) is 0 Å². The summed E-state index contributed by atoms with van der Waals surface area (Å²) in [6.45, 7) is 4.11. The van der Waals surface area contributed by atoms with Crippen LogP contribution < -0.4 is 4.90 Å². The van der Waals surface area contributed by atoms with Gasteiger partial charge in [0.25, 0.3) is 0 Å². The van der Waals surface area contributed by atoms with E-state index in [1.807, 2.05) is 17.9 Å². The van der Waals surface area contributed by atoms with Crippen molar-refractivity contribution >= 4 is 5.82 Å². The molecule has 4 nitrogen and oxygen atoms in total. The summed E-state index contributed by atoms with van der Waals surface area (Å²) in [5.41, 5.74) is 0. The molecule has 0 N–H and O–H groups in total. The third-order valence-corrected chi connectivity index (χ3v) is 2.40. The monoisotopic (exact) mass is 179 g/mol. The Hall–Kier alpha value is -1.03. The Morgan fingerprint density at radius 1 is 1.31 bits per heavy atom. The van der Waals surface area contributed by atoms with Gasteiger partial charge >= 0.3 is 0 Å². The molecule has 2 heterocycles. The molecule has 0 saturated carbocycles. The van der Waals surface area contributed by atoms with Crippen molar-refractivity contribution in [1.82, 2.24) is 14.7 Å².